The van der Waals surface area contributed by atoms with Gasteiger partial charge < -0.3 is 15.4 Å². The predicted octanol–water partition coefficient (Wildman–Crippen LogP) is 2.63. The molecule has 0 aliphatic carbocycles. The zero-order valence-corrected chi connectivity index (χ0v) is 14.4. The van der Waals surface area contributed by atoms with Crippen LogP contribution in [0.2, 0.25) is 0 Å². The number of nitrogens with zero attached hydrogens (tertiary/aromatic N) is 1. The summed E-state index contributed by atoms with van der Waals surface area (Å²) in [4.78, 5) is 4.07. The standard InChI is InChI=1S/C14H23N3O.HI/c1-11(2)10-18-13-7-5-6-12(8-13)9-17-14(15-3)16-4;/h5-8,11H,9-10H2,1-4H3,(H2,15,16,17);1H. The smallest absolute Gasteiger partial charge is 0.190 e. The molecule has 0 aromatic heterocycles. The fourth-order valence-corrected chi connectivity index (χ4v) is 1.47. The lowest BCUT2D eigenvalue weighted by atomic mass is 10.2. The normalized spacial score (nSPS) is 10.9. The van der Waals surface area contributed by atoms with Gasteiger partial charge in [0, 0.05) is 20.6 Å². The van der Waals surface area contributed by atoms with Crippen LogP contribution in [-0.4, -0.2) is 26.7 Å². The molecule has 1 aromatic carbocycles. The second kappa shape index (κ2) is 9.89. The van der Waals surface area contributed by atoms with Crippen LogP contribution in [0.3, 0.4) is 0 Å². The summed E-state index contributed by atoms with van der Waals surface area (Å²) in [5, 5.41) is 6.20. The van der Waals surface area contributed by atoms with Crippen LogP contribution in [0.15, 0.2) is 29.3 Å². The van der Waals surface area contributed by atoms with Crippen LogP contribution in [0.25, 0.3) is 0 Å². The van der Waals surface area contributed by atoms with Gasteiger partial charge >= 0.3 is 0 Å². The van der Waals surface area contributed by atoms with E-state index in [0.717, 1.165) is 24.9 Å². The zero-order chi connectivity index (χ0) is 13.4. The Labute approximate surface area is 133 Å². The number of hydrogen-bond acceptors (Lipinski definition) is 2. The molecule has 108 valence electrons. The van der Waals surface area contributed by atoms with E-state index in [0.29, 0.717) is 5.92 Å². The topological polar surface area (TPSA) is 45.7 Å². The number of halogens is 1. The van der Waals surface area contributed by atoms with E-state index in [1.807, 2.05) is 19.2 Å². The van der Waals surface area contributed by atoms with Crippen LogP contribution in [0.5, 0.6) is 5.75 Å². The largest absolute Gasteiger partial charge is 0.493 e. The van der Waals surface area contributed by atoms with Gasteiger partial charge in [0.25, 0.3) is 0 Å². The number of guanidine groups is 1. The molecule has 0 bridgehead atoms. The molecule has 0 amide bonds. The highest BCUT2D eigenvalue weighted by Gasteiger charge is 2.00. The Kier molecular flexibility index (Phi) is 9.38. The Morgan fingerprint density at radius 1 is 1.37 bits per heavy atom. The molecule has 0 fully saturated rings. The van der Waals surface area contributed by atoms with Crippen molar-refractivity contribution in [1.82, 2.24) is 10.6 Å². The molecule has 2 N–H and O–H groups in total. The van der Waals surface area contributed by atoms with Gasteiger partial charge in [0.05, 0.1) is 6.61 Å². The Morgan fingerprint density at radius 2 is 2.11 bits per heavy atom. The minimum atomic E-state index is 0. The minimum Gasteiger partial charge on any atom is -0.493 e. The van der Waals surface area contributed by atoms with Crippen LogP contribution in [0, 0.1) is 5.92 Å². The first-order valence-electron chi connectivity index (χ1n) is 6.26. The molecule has 0 heterocycles. The third-order valence-corrected chi connectivity index (χ3v) is 2.40. The van der Waals surface area contributed by atoms with E-state index in [-0.39, 0.29) is 24.0 Å². The van der Waals surface area contributed by atoms with Gasteiger partial charge in [0.15, 0.2) is 5.96 Å². The average Bonchev–Trinajstić information content (AvgIpc) is 2.38. The zero-order valence-electron chi connectivity index (χ0n) is 12.1. The monoisotopic (exact) mass is 377 g/mol. The van der Waals surface area contributed by atoms with E-state index in [9.17, 15) is 0 Å². The van der Waals surface area contributed by atoms with Crippen molar-refractivity contribution in [2.24, 2.45) is 10.9 Å². The van der Waals surface area contributed by atoms with Crippen molar-refractivity contribution in [3.8, 4) is 5.75 Å². The third kappa shape index (κ3) is 7.25. The van der Waals surface area contributed by atoms with E-state index in [1.54, 1.807) is 7.05 Å². The molecule has 1 aromatic rings. The lowest BCUT2D eigenvalue weighted by molar-refractivity contribution is 0.271. The van der Waals surface area contributed by atoms with Gasteiger partial charge in [-0.3, -0.25) is 4.99 Å². The van der Waals surface area contributed by atoms with Crippen LogP contribution in [-0.2, 0) is 6.54 Å². The van der Waals surface area contributed by atoms with Gasteiger partial charge in [0.2, 0.25) is 0 Å². The summed E-state index contributed by atoms with van der Waals surface area (Å²) in [6, 6.07) is 8.12. The maximum absolute atomic E-state index is 5.69. The van der Waals surface area contributed by atoms with Gasteiger partial charge in [-0.05, 0) is 23.6 Å². The summed E-state index contributed by atoms with van der Waals surface area (Å²) in [5.41, 5.74) is 1.17. The summed E-state index contributed by atoms with van der Waals surface area (Å²) < 4.78 is 5.69. The molecule has 0 saturated heterocycles. The van der Waals surface area contributed by atoms with Crippen LogP contribution >= 0.6 is 24.0 Å². The van der Waals surface area contributed by atoms with Crippen molar-refractivity contribution in [3.05, 3.63) is 29.8 Å². The average molecular weight is 377 g/mol. The Morgan fingerprint density at radius 3 is 2.68 bits per heavy atom. The number of ether oxygens (including phenoxy) is 1. The molecular formula is C14H24IN3O. The van der Waals surface area contributed by atoms with Crippen molar-refractivity contribution in [2.75, 3.05) is 20.7 Å². The molecule has 19 heavy (non-hydrogen) atoms. The number of hydrogen-bond donors (Lipinski definition) is 2. The van der Waals surface area contributed by atoms with E-state index >= 15 is 0 Å². The number of aliphatic imine (C=N–C) groups is 1. The van der Waals surface area contributed by atoms with Gasteiger partial charge in [-0.25, -0.2) is 0 Å². The quantitative estimate of drug-likeness (QED) is 0.471. The molecular weight excluding hydrogens is 353 g/mol. The van der Waals surface area contributed by atoms with Crippen molar-refractivity contribution < 1.29 is 4.74 Å². The van der Waals surface area contributed by atoms with Crippen molar-refractivity contribution in [1.29, 1.82) is 0 Å². The molecule has 0 aliphatic rings. The maximum Gasteiger partial charge on any atom is 0.190 e. The van der Waals surface area contributed by atoms with Crippen LogP contribution in [0.4, 0.5) is 0 Å². The summed E-state index contributed by atoms with van der Waals surface area (Å²) in [6.45, 7) is 5.76. The molecule has 0 spiro atoms. The van der Waals surface area contributed by atoms with Gasteiger partial charge in [-0.1, -0.05) is 26.0 Å². The first-order valence-corrected chi connectivity index (χ1v) is 6.26. The number of nitrogens with one attached hydrogen (secondary N) is 2. The second-order valence-electron chi connectivity index (χ2n) is 4.53. The summed E-state index contributed by atoms with van der Waals surface area (Å²) in [5.74, 6) is 2.24. The lowest BCUT2D eigenvalue weighted by Gasteiger charge is -2.11. The summed E-state index contributed by atoms with van der Waals surface area (Å²) in [6.07, 6.45) is 0. The van der Waals surface area contributed by atoms with Crippen molar-refractivity contribution in [3.63, 3.8) is 0 Å². The fourth-order valence-electron chi connectivity index (χ4n) is 1.47. The molecule has 0 saturated carbocycles. The molecule has 0 aliphatic heterocycles. The van der Waals surface area contributed by atoms with E-state index < -0.39 is 0 Å². The Bertz CT molecular complexity index is 394. The molecule has 0 atom stereocenters. The number of rotatable bonds is 5. The van der Waals surface area contributed by atoms with E-state index in [4.69, 9.17) is 4.74 Å². The van der Waals surface area contributed by atoms with Gasteiger partial charge in [0.1, 0.15) is 5.75 Å². The fraction of sp³-hybridized carbons (Fsp3) is 0.500. The summed E-state index contributed by atoms with van der Waals surface area (Å²) in [7, 11) is 3.60. The highest BCUT2D eigenvalue weighted by molar-refractivity contribution is 14.0. The van der Waals surface area contributed by atoms with Crippen molar-refractivity contribution >= 4 is 29.9 Å². The first-order chi connectivity index (χ1) is 8.65. The van der Waals surface area contributed by atoms with E-state index in [1.165, 1.54) is 5.56 Å². The lowest BCUT2D eigenvalue weighted by Crippen LogP contribution is -2.34. The molecule has 0 radical (unpaired) electrons. The third-order valence-electron chi connectivity index (χ3n) is 2.40. The van der Waals surface area contributed by atoms with Crippen molar-refractivity contribution in [2.45, 2.75) is 20.4 Å². The molecule has 0 unspecified atom stereocenters. The first kappa shape index (κ1) is 18.0. The highest BCUT2D eigenvalue weighted by Crippen LogP contribution is 2.14. The van der Waals surface area contributed by atoms with E-state index in [2.05, 4.69) is 41.6 Å². The summed E-state index contributed by atoms with van der Waals surface area (Å²) >= 11 is 0. The molecule has 5 heteroatoms. The van der Waals surface area contributed by atoms with Crippen LogP contribution < -0.4 is 15.4 Å². The second-order valence-corrected chi connectivity index (χ2v) is 4.53. The Hall–Kier alpha value is -0.980. The van der Waals surface area contributed by atoms with Gasteiger partial charge in [-0.15, -0.1) is 24.0 Å². The highest BCUT2D eigenvalue weighted by atomic mass is 127. The van der Waals surface area contributed by atoms with Crippen LogP contribution in [0.1, 0.15) is 19.4 Å². The minimum absolute atomic E-state index is 0. The maximum atomic E-state index is 5.69. The SMILES string of the molecule is CN=C(NC)NCc1cccc(OCC(C)C)c1.I. The molecule has 4 nitrogen and oxygen atoms in total. The Balaban J connectivity index is 0.00000324. The predicted molar refractivity (Wildman–Crippen MR) is 91.4 cm³/mol. The molecule has 1 rings (SSSR count). The number of benzene rings is 1. The van der Waals surface area contributed by atoms with Gasteiger partial charge in [-0.2, -0.15) is 0 Å².